The number of nitrogens with zero attached hydrogens (tertiary/aromatic N) is 1. The summed E-state index contributed by atoms with van der Waals surface area (Å²) in [5, 5.41) is 10.9. The van der Waals surface area contributed by atoms with E-state index in [9.17, 15) is 14.7 Å². The molecule has 31 heavy (non-hydrogen) atoms. The molecule has 2 heterocycles. The molecule has 1 saturated carbocycles. The molecule has 2 aromatic carbocycles. The quantitative estimate of drug-likeness (QED) is 0.617. The topological polar surface area (TPSA) is 94.5 Å². The average Bonchev–Trinajstić information content (AvgIpc) is 3.09. The summed E-state index contributed by atoms with van der Waals surface area (Å²) in [7, 11) is 0. The number of carboxylic acids is 1. The Kier molecular flexibility index (Phi) is 5.02. The number of carbonyl (C=O) groups is 2. The van der Waals surface area contributed by atoms with E-state index in [0.29, 0.717) is 23.8 Å². The zero-order valence-corrected chi connectivity index (χ0v) is 17.3. The molecule has 0 spiro atoms. The monoisotopic (exact) mass is 418 g/mol. The zero-order chi connectivity index (χ0) is 21.5. The number of aldehydes is 1. The number of hydrogen-bond acceptors (Lipinski definition) is 4. The van der Waals surface area contributed by atoms with Crippen LogP contribution in [0.1, 0.15) is 53.9 Å². The Hall–Kier alpha value is -3.12. The molecule has 1 aliphatic carbocycles. The van der Waals surface area contributed by atoms with E-state index in [1.165, 1.54) is 24.8 Å². The van der Waals surface area contributed by atoms with Gasteiger partial charge in [-0.2, -0.15) is 0 Å². The Morgan fingerprint density at radius 3 is 2.65 bits per heavy atom. The summed E-state index contributed by atoms with van der Waals surface area (Å²) in [5.41, 5.74) is 11.1. The van der Waals surface area contributed by atoms with Gasteiger partial charge in [-0.3, -0.25) is 4.79 Å². The molecular weight excluding hydrogens is 392 g/mol. The maximum absolute atomic E-state index is 11.9. The van der Waals surface area contributed by atoms with E-state index < -0.39 is 18.1 Å². The van der Waals surface area contributed by atoms with Gasteiger partial charge in [-0.15, -0.1) is 0 Å². The summed E-state index contributed by atoms with van der Waals surface area (Å²) < 4.78 is 8.08. The first kappa shape index (κ1) is 19.8. The van der Waals surface area contributed by atoms with Crippen molar-refractivity contribution < 1.29 is 19.4 Å². The first-order chi connectivity index (χ1) is 15.1. The molecule has 0 bridgehead atoms. The smallest absolute Gasteiger partial charge is 0.346 e. The third kappa shape index (κ3) is 3.31. The molecule has 2 aliphatic rings. The van der Waals surface area contributed by atoms with Gasteiger partial charge in [0.1, 0.15) is 12.0 Å². The summed E-state index contributed by atoms with van der Waals surface area (Å²) in [6.07, 6.45) is 5.58. The number of benzene rings is 2. The molecular formula is C25H26N2O4. The van der Waals surface area contributed by atoms with Gasteiger partial charge in [-0.1, -0.05) is 43.5 Å². The standard InChI is InChI=1S/C25H26N2O4/c26-19-13-27-20-12-15(14-28)10-11-17(20)22(16-6-2-1-3-7-16)23(27)18-8-4-5-9-21(18)31-24(19)25(29)30/h4-5,8-12,14,16,19,24H,1-3,6-7,13,26H2,(H,29,30)/t19-,24?/m1/s1. The molecule has 6 nitrogen and oxygen atoms in total. The van der Waals surface area contributed by atoms with E-state index in [2.05, 4.69) is 4.57 Å². The number of nitrogens with two attached hydrogens (primary N) is 1. The van der Waals surface area contributed by atoms with Crippen molar-refractivity contribution in [2.75, 3.05) is 0 Å². The molecule has 0 radical (unpaired) electrons. The molecule has 2 atom stereocenters. The minimum Gasteiger partial charge on any atom is -0.478 e. The van der Waals surface area contributed by atoms with Crippen LogP contribution in [0.2, 0.25) is 0 Å². The molecule has 1 aliphatic heterocycles. The van der Waals surface area contributed by atoms with Gasteiger partial charge in [0.15, 0.2) is 0 Å². The van der Waals surface area contributed by atoms with Crippen molar-refractivity contribution >= 4 is 23.2 Å². The third-order valence-electron chi connectivity index (χ3n) is 6.70. The Labute approximate surface area is 180 Å². The highest BCUT2D eigenvalue weighted by Gasteiger charge is 2.35. The average molecular weight is 418 g/mol. The van der Waals surface area contributed by atoms with Crippen molar-refractivity contribution in [3.8, 4) is 17.0 Å². The fourth-order valence-corrected chi connectivity index (χ4v) is 5.28. The molecule has 1 aromatic heterocycles. The third-order valence-corrected chi connectivity index (χ3v) is 6.70. The van der Waals surface area contributed by atoms with Crippen LogP contribution in [0.25, 0.3) is 22.2 Å². The maximum Gasteiger partial charge on any atom is 0.346 e. The Bertz CT molecular complexity index is 1160. The van der Waals surface area contributed by atoms with Crippen molar-refractivity contribution in [3.63, 3.8) is 0 Å². The van der Waals surface area contributed by atoms with Gasteiger partial charge >= 0.3 is 5.97 Å². The van der Waals surface area contributed by atoms with Gasteiger partial charge in [0.25, 0.3) is 0 Å². The molecule has 5 rings (SSSR count). The van der Waals surface area contributed by atoms with Crippen LogP contribution in [0.5, 0.6) is 5.75 Å². The first-order valence-corrected chi connectivity index (χ1v) is 10.9. The van der Waals surface area contributed by atoms with E-state index in [4.69, 9.17) is 10.5 Å². The van der Waals surface area contributed by atoms with Crippen molar-refractivity contribution in [2.24, 2.45) is 5.73 Å². The van der Waals surface area contributed by atoms with E-state index in [0.717, 1.165) is 41.3 Å². The van der Waals surface area contributed by atoms with E-state index in [1.54, 1.807) is 0 Å². The normalized spacial score (nSPS) is 21.5. The van der Waals surface area contributed by atoms with Crippen molar-refractivity contribution in [1.82, 2.24) is 4.57 Å². The van der Waals surface area contributed by atoms with Crippen LogP contribution in [0.3, 0.4) is 0 Å². The van der Waals surface area contributed by atoms with Crippen LogP contribution in [0, 0.1) is 0 Å². The molecule has 0 amide bonds. The van der Waals surface area contributed by atoms with Gasteiger partial charge in [0, 0.05) is 28.6 Å². The number of carbonyl (C=O) groups excluding carboxylic acids is 1. The van der Waals surface area contributed by atoms with Crippen molar-refractivity contribution in [1.29, 1.82) is 0 Å². The zero-order valence-electron chi connectivity index (χ0n) is 17.3. The van der Waals surface area contributed by atoms with Crippen LogP contribution in [0.15, 0.2) is 42.5 Å². The number of para-hydroxylation sites is 1. The highest BCUT2D eigenvalue weighted by Crippen LogP contribution is 2.47. The predicted octanol–water partition coefficient (Wildman–Crippen LogP) is 4.34. The number of rotatable bonds is 3. The fraction of sp³-hybridized carbons (Fsp3) is 0.360. The minimum absolute atomic E-state index is 0.298. The number of aliphatic carboxylic acids is 1. The Morgan fingerprint density at radius 1 is 1.13 bits per heavy atom. The summed E-state index contributed by atoms with van der Waals surface area (Å²) in [5.74, 6) is -0.140. The van der Waals surface area contributed by atoms with E-state index in [-0.39, 0.29) is 0 Å². The highest BCUT2D eigenvalue weighted by atomic mass is 16.5. The number of ether oxygens (including phenoxy) is 1. The summed E-state index contributed by atoms with van der Waals surface area (Å²) in [6.45, 7) is 0.298. The second kappa shape index (κ2) is 7.85. The first-order valence-electron chi connectivity index (χ1n) is 10.9. The summed E-state index contributed by atoms with van der Waals surface area (Å²) >= 11 is 0. The minimum atomic E-state index is -1.15. The highest BCUT2D eigenvalue weighted by molar-refractivity contribution is 5.96. The molecule has 1 fully saturated rings. The van der Waals surface area contributed by atoms with Crippen LogP contribution in [-0.2, 0) is 11.3 Å². The molecule has 6 heteroatoms. The van der Waals surface area contributed by atoms with Gasteiger partial charge in [0.2, 0.25) is 6.10 Å². The summed E-state index contributed by atoms with van der Waals surface area (Å²) in [6, 6.07) is 12.6. The lowest BCUT2D eigenvalue weighted by Crippen LogP contribution is -2.47. The fourth-order valence-electron chi connectivity index (χ4n) is 5.28. The van der Waals surface area contributed by atoms with Gasteiger partial charge < -0.3 is 20.1 Å². The predicted molar refractivity (Wildman–Crippen MR) is 119 cm³/mol. The Balaban J connectivity index is 1.84. The van der Waals surface area contributed by atoms with E-state index in [1.807, 2.05) is 42.5 Å². The molecule has 1 unspecified atom stereocenters. The molecule has 3 aromatic rings. The Morgan fingerprint density at radius 2 is 1.90 bits per heavy atom. The van der Waals surface area contributed by atoms with E-state index >= 15 is 0 Å². The summed E-state index contributed by atoms with van der Waals surface area (Å²) in [4.78, 5) is 23.4. The largest absolute Gasteiger partial charge is 0.478 e. The SMILES string of the molecule is N[C@@H]1Cn2c(c(C3CCCCC3)c3ccc(C=O)cc32)-c2ccccc2OC1C(=O)O. The van der Waals surface area contributed by atoms with Crippen molar-refractivity contribution in [3.05, 3.63) is 53.6 Å². The number of hydrogen-bond donors (Lipinski definition) is 2. The van der Waals surface area contributed by atoms with Crippen LogP contribution >= 0.6 is 0 Å². The second-order valence-electron chi connectivity index (χ2n) is 8.64. The number of carboxylic acid groups (broad SMARTS) is 1. The molecule has 160 valence electrons. The second-order valence-corrected chi connectivity index (χ2v) is 8.64. The van der Waals surface area contributed by atoms with Gasteiger partial charge in [-0.25, -0.2) is 4.79 Å². The number of fused-ring (bicyclic) bond motifs is 5. The van der Waals surface area contributed by atoms with Crippen LogP contribution < -0.4 is 10.5 Å². The lowest BCUT2D eigenvalue weighted by molar-refractivity contribution is -0.146. The van der Waals surface area contributed by atoms with Gasteiger partial charge in [0.05, 0.1) is 11.7 Å². The van der Waals surface area contributed by atoms with Crippen molar-refractivity contribution in [2.45, 2.75) is 56.7 Å². The van der Waals surface area contributed by atoms with Gasteiger partial charge in [-0.05, 0) is 42.5 Å². The lowest BCUT2D eigenvalue weighted by Gasteiger charge is -2.29. The lowest BCUT2D eigenvalue weighted by atomic mass is 9.81. The molecule has 0 saturated heterocycles. The maximum atomic E-state index is 11.9. The molecule has 3 N–H and O–H groups in total. The van der Waals surface area contributed by atoms with Crippen LogP contribution in [0.4, 0.5) is 0 Å². The number of aromatic nitrogens is 1. The van der Waals surface area contributed by atoms with Crippen LogP contribution in [-0.4, -0.2) is 34.1 Å².